The molecular weight excluding hydrogens is 368 g/mol. The van der Waals surface area contributed by atoms with E-state index in [1.165, 1.54) is 0 Å². The molecule has 4 rings (SSSR count). The summed E-state index contributed by atoms with van der Waals surface area (Å²) in [5, 5.41) is 8.02. The number of hydrogen-bond acceptors (Lipinski definition) is 5. The Morgan fingerprint density at radius 1 is 1.21 bits per heavy atom. The monoisotopic (exact) mass is 392 g/mol. The standard InChI is InChI=1S/C21H24N6O2/c1-12(2)17-9-14(15-10-23-27(13(3)4)20(15)25-17)21(29)26-8-6-19(28)24-16-5-7-22-11-18(16)26/h5,7,9-13H,6,8H2,1-4H3,(H,24,28). The third-order valence-corrected chi connectivity index (χ3v) is 5.07. The van der Waals surface area contributed by atoms with Crippen molar-refractivity contribution in [2.24, 2.45) is 0 Å². The third-order valence-electron chi connectivity index (χ3n) is 5.07. The van der Waals surface area contributed by atoms with Crippen LogP contribution in [0.2, 0.25) is 0 Å². The van der Waals surface area contributed by atoms with Crippen LogP contribution in [0.3, 0.4) is 0 Å². The maximum atomic E-state index is 13.7. The molecule has 0 saturated heterocycles. The molecule has 8 nitrogen and oxygen atoms in total. The minimum atomic E-state index is -0.187. The summed E-state index contributed by atoms with van der Waals surface area (Å²) in [7, 11) is 0. The molecule has 3 aromatic heterocycles. The molecule has 0 atom stereocenters. The van der Waals surface area contributed by atoms with Crippen LogP contribution in [-0.2, 0) is 4.79 Å². The predicted octanol–water partition coefficient (Wildman–Crippen LogP) is 3.52. The van der Waals surface area contributed by atoms with Crippen molar-refractivity contribution >= 4 is 34.2 Å². The summed E-state index contributed by atoms with van der Waals surface area (Å²) in [5.74, 6) is -0.153. The highest BCUT2D eigenvalue weighted by molar-refractivity contribution is 6.15. The van der Waals surface area contributed by atoms with Crippen molar-refractivity contribution in [2.45, 2.75) is 46.1 Å². The van der Waals surface area contributed by atoms with Gasteiger partial charge in [0, 0.05) is 30.9 Å². The van der Waals surface area contributed by atoms with Crippen molar-refractivity contribution in [3.05, 3.63) is 42.0 Å². The van der Waals surface area contributed by atoms with Gasteiger partial charge >= 0.3 is 0 Å². The van der Waals surface area contributed by atoms with Gasteiger partial charge < -0.3 is 10.2 Å². The molecule has 1 N–H and O–H groups in total. The second-order valence-corrected chi connectivity index (χ2v) is 7.82. The van der Waals surface area contributed by atoms with Crippen molar-refractivity contribution in [3.63, 3.8) is 0 Å². The van der Waals surface area contributed by atoms with E-state index >= 15 is 0 Å². The van der Waals surface area contributed by atoms with Gasteiger partial charge in [-0.15, -0.1) is 0 Å². The highest BCUT2D eigenvalue weighted by Crippen LogP contribution is 2.31. The molecule has 0 aromatic carbocycles. The summed E-state index contributed by atoms with van der Waals surface area (Å²) in [6.07, 6.45) is 5.13. The van der Waals surface area contributed by atoms with Gasteiger partial charge in [-0.05, 0) is 31.9 Å². The van der Waals surface area contributed by atoms with Gasteiger partial charge in [-0.1, -0.05) is 13.8 Å². The van der Waals surface area contributed by atoms with Gasteiger partial charge in [0.15, 0.2) is 5.65 Å². The highest BCUT2D eigenvalue weighted by Gasteiger charge is 2.28. The van der Waals surface area contributed by atoms with Gasteiger partial charge in [-0.25, -0.2) is 9.67 Å². The zero-order valence-corrected chi connectivity index (χ0v) is 17.0. The molecule has 150 valence electrons. The molecule has 0 saturated carbocycles. The number of nitrogens with one attached hydrogen (secondary N) is 1. The molecule has 4 heterocycles. The molecular formula is C21H24N6O2. The minimum Gasteiger partial charge on any atom is -0.324 e. The zero-order chi connectivity index (χ0) is 20.7. The van der Waals surface area contributed by atoms with Crippen molar-refractivity contribution in [1.82, 2.24) is 19.7 Å². The van der Waals surface area contributed by atoms with Crippen LogP contribution in [0.4, 0.5) is 11.4 Å². The van der Waals surface area contributed by atoms with Gasteiger partial charge in [0.25, 0.3) is 5.91 Å². The minimum absolute atomic E-state index is 0.121. The molecule has 8 heteroatoms. The molecule has 0 bridgehead atoms. The first kappa shape index (κ1) is 19.0. The SMILES string of the molecule is CC(C)c1cc(C(=O)N2CCC(=O)Nc3ccncc32)c2cnn(C(C)C)c2n1. The number of carbonyl (C=O) groups is 2. The average molecular weight is 392 g/mol. The average Bonchev–Trinajstić information content (AvgIpc) is 3.04. The predicted molar refractivity (Wildman–Crippen MR) is 111 cm³/mol. The largest absolute Gasteiger partial charge is 0.324 e. The van der Waals surface area contributed by atoms with Crippen molar-refractivity contribution in [3.8, 4) is 0 Å². The molecule has 3 aromatic rings. The molecule has 1 aliphatic heterocycles. The Kier molecular flexibility index (Phi) is 4.77. The van der Waals surface area contributed by atoms with Gasteiger partial charge in [-0.2, -0.15) is 5.10 Å². The fraction of sp³-hybridized carbons (Fsp3) is 0.381. The molecule has 0 aliphatic carbocycles. The van der Waals surface area contributed by atoms with Gasteiger partial charge in [0.1, 0.15) is 0 Å². The Labute approximate surface area is 168 Å². The lowest BCUT2D eigenvalue weighted by atomic mass is 10.0. The van der Waals surface area contributed by atoms with Crippen LogP contribution in [0.1, 0.15) is 62.1 Å². The van der Waals surface area contributed by atoms with E-state index in [0.717, 1.165) is 5.69 Å². The van der Waals surface area contributed by atoms with Crippen molar-refractivity contribution in [1.29, 1.82) is 0 Å². The number of rotatable bonds is 3. The molecule has 0 spiro atoms. The van der Waals surface area contributed by atoms with Crippen LogP contribution in [0.5, 0.6) is 0 Å². The summed E-state index contributed by atoms with van der Waals surface area (Å²) in [6.45, 7) is 8.44. The van der Waals surface area contributed by atoms with Gasteiger partial charge in [0.05, 0.1) is 34.7 Å². The highest BCUT2D eigenvalue weighted by atomic mass is 16.2. The maximum absolute atomic E-state index is 13.7. The van der Waals surface area contributed by atoms with E-state index in [2.05, 4.69) is 15.4 Å². The maximum Gasteiger partial charge on any atom is 0.259 e. The first-order valence-corrected chi connectivity index (χ1v) is 9.80. The van der Waals surface area contributed by atoms with E-state index in [1.807, 2.05) is 38.4 Å². The lowest BCUT2D eigenvalue weighted by Crippen LogP contribution is -2.32. The zero-order valence-electron chi connectivity index (χ0n) is 17.0. The van der Waals surface area contributed by atoms with Crippen LogP contribution in [0, 0.1) is 0 Å². The number of aromatic nitrogens is 4. The number of fused-ring (bicyclic) bond motifs is 2. The smallest absolute Gasteiger partial charge is 0.259 e. The molecule has 0 radical (unpaired) electrons. The summed E-state index contributed by atoms with van der Waals surface area (Å²) in [5.41, 5.74) is 3.25. The van der Waals surface area contributed by atoms with Crippen LogP contribution < -0.4 is 10.2 Å². The summed E-state index contributed by atoms with van der Waals surface area (Å²) in [6, 6.07) is 3.67. The lowest BCUT2D eigenvalue weighted by molar-refractivity contribution is -0.115. The van der Waals surface area contributed by atoms with E-state index in [4.69, 9.17) is 4.98 Å². The van der Waals surface area contributed by atoms with Crippen LogP contribution in [0.25, 0.3) is 11.0 Å². The Morgan fingerprint density at radius 2 is 2.00 bits per heavy atom. The quantitative estimate of drug-likeness (QED) is 0.736. The first-order chi connectivity index (χ1) is 13.9. The number of hydrogen-bond donors (Lipinski definition) is 1. The Balaban J connectivity index is 1.88. The summed E-state index contributed by atoms with van der Waals surface area (Å²) < 4.78 is 1.83. The summed E-state index contributed by atoms with van der Waals surface area (Å²) in [4.78, 5) is 36.3. The second kappa shape index (κ2) is 7.27. The van der Waals surface area contributed by atoms with E-state index in [-0.39, 0.29) is 36.7 Å². The van der Waals surface area contributed by atoms with Crippen LogP contribution in [-0.4, -0.2) is 38.1 Å². The molecule has 0 unspecified atom stereocenters. The number of anilines is 2. The van der Waals surface area contributed by atoms with Crippen molar-refractivity contribution < 1.29 is 9.59 Å². The van der Waals surface area contributed by atoms with E-state index in [9.17, 15) is 9.59 Å². The Bertz CT molecular complexity index is 1100. The number of nitrogens with zero attached hydrogens (tertiary/aromatic N) is 5. The number of pyridine rings is 2. The van der Waals surface area contributed by atoms with Crippen LogP contribution in [0.15, 0.2) is 30.7 Å². The number of amides is 2. The molecule has 1 aliphatic rings. The van der Waals surface area contributed by atoms with Crippen molar-refractivity contribution in [2.75, 3.05) is 16.8 Å². The van der Waals surface area contributed by atoms with Crippen LogP contribution >= 0.6 is 0 Å². The lowest BCUT2D eigenvalue weighted by Gasteiger charge is -2.22. The molecule has 29 heavy (non-hydrogen) atoms. The Hall–Kier alpha value is -3.29. The topological polar surface area (TPSA) is 93.0 Å². The van der Waals surface area contributed by atoms with E-state index < -0.39 is 0 Å². The second-order valence-electron chi connectivity index (χ2n) is 7.82. The fourth-order valence-electron chi connectivity index (χ4n) is 3.50. The molecule has 2 amide bonds. The van der Waals surface area contributed by atoms with Gasteiger partial charge in [0.2, 0.25) is 5.91 Å². The fourth-order valence-corrected chi connectivity index (χ4v) is 3.50. The van der Waals surface area contributed by atoms with Gasteiger partial charge in [-0.3, -0.25) is 14.6 Å². The summed E-state index contributed by atoms with van der Waals surface area (Å²) >= 11 is 0. The molecule has 0 fully saturated rings. The van der Waals surface area contributed by atoms with E-state index in [0.29, 0.717) is 28.0 Å². The third kappa shape index (κ3) is 3.35. The Morgan fingerprint density at radius 3 is 2.72 bits per heavy atom. The van der Waals surface area contributed by atoms with E-state index in [1.54, 1.807) is 29.6 Å². The number of carbonyl (C=O) groups excluding carboxylic acids is 2. The normalized spacial score (nSPS) is 14.3. The first-order valence-electron chi connectivity index (χ1n) is 9.80.